The second kappa shape index (κ2) is 9.23. The van der Waals surface area contributed by atoms with Gasteiger partial charge in [0.25, 0.3) is 11.5 Å². The summed E-state index contributed by atoms with van der Waals surface area (Å²) in [6.07, 6.45) is 2.41. The highest BCUT2D eigenvalue weighted by Crippen LogP contribution is 2.38. The molecule has 10 nitrogen and oxygen atoms in total. The summed E-state index contributed by atoms with van der Waals surface area (Å²) >= 11 is 12.6. The lowest BCUT2D eigenvalue weighted by atomic mass is 10.1. The summed E-state index contributed by atoms with van der Waals surface area (Å²) in [5.74, 6) is -0.0372. The number of H-pyrrole nitrogens is 1. The maximum absolute atomic E-state index is 12.5. The number of nitrogens with one attached hydrogen (secondary N) is 2. The number of aromatic amines is 1. The molecule has 0 atom stereocenters. The van der Waals surface area contributed by atoms with Crippen molar-refractivity contribution in [2.24, 2.45) is 0 Å². The molecule has 0 aliphatic carbocycles. The smallest absolute Gasteiger partial charge is 0.349 e. The van der Waals surface area contributed by atoms with Gasteiger partial charge in [0.15, 0.2) is 5.75 Å². The summed E-state index contributed by atoms with van der Waals surface area (Å²) in [6.45, 7) is 0.133. The van der Waals surface area contributed by atoms with Gasteiger partial charge >= 0.3 is 5.69 Å². The molecule has 0 saturated carbocycles. The van der Waals surface area contributed by atoms with Crippen LogP contribution in [0.4, 0.5) is 0 Å². The number of carbonyl (C=O) groups is 1. The number of hydrogen-bond acceptors (Lipinski definition) is 7. The van der Waals surface area contributed by atoms with E-state index in [1.165, 1.54) is 36.6 Å². The number of carbonyl (C=O) groups excluding carboxylic acids is 1. The molecule has 2 aromatic carbocycles. The van der Waals surface area contributed by atoms with Gasteiger partial charge in [-0.25, -0.2) is 4.79 Å². The van der Waals surface area contributed by atoms with Crippen LogP contribution in [0.2, 0.25) is 10.0 Å². The van der Waals surface area contributed by atoms with Crippen molar-refractivity contribution in [2.75, 3.05) is 0 Å². The highest BCUT2D eigenvalue weighted by molar-refractivity contribution is 6.37. The molecule has 0 bridgehead atoms. The van der Waals surface area contributed by atoms with Crippen LogP contribution in [0.3, 0.4) is 0 Å². The van der Waals surface area contributed by atoms with Crippen molar-refractivity contribution < 1.29 is 19.1 Å². The number of rotatable bonds is 6. The maximum Gasteiger partial charge on any atom is 0.349 e. The van der Waals surface area contributed by atoms with Crippen molar-refractivity contribution in [3.63, 3.8) is 0 Å². The Kier molecular flexibility index (Phi) is 6.20. The molecule has 0 aliphatic heterocycles. The summed E-state index contributed by atoms with van der Waals surface area (Å²) < 4.78 is 11.8. The van der Waals surface area contributed by atoms with Crippen molar-refractivity contribution in [1.82, 2.24) is 20.1 Å². The van der Waals surface area contributed by atoms with Crippen molar-refractivity contribution in [1.29, 1.82) is 0 Å². The molecule has 168 valence electrons. The number of ether oxygens (including phenoxy) is 1. The monoisotopic (exact) mass is 488 g/mol. The molecule has 2 heterocycles. The van der Waals surface area contributed by atoms with E-state index in [0.717, 1.165) is 10.9 Å². The van der Waals surface area contributed by atoms with Gasteiger partial charge in [-0.3, -0.25) is 14.6 Å². The van der Waals surface area contributed by atoms with E-state index in [9.17, 15) is 19.5 Å². The Balaban J connectivity index is 1.58. The minimum absolute atomic E-state index is 0.0353. The predicted molar refractivity (Wildman–Crippen MR) is 119 cm³/mol. The Hall–Kier alpha value is -4.02. The number of halogens is 2. The van der Waals surface area contributed by atoms with Crippen LogP contribution in [0.25, 0.3) is 5.69 Å². The summed E-state index contributed by atoms with van der Waals surface area (Å²) in [5.41, 5.74) is -1.26. The highest BCUT2D eigenvalue weighted by Gasteiger charge is 2.17. The van der Waals surface area contributed by atoms with E-state index in [4.69, 9.17) is 32.4 Å². The van der Waals surface area contributed by atoms with Gasteiger partial charge in [-0.2, -0.15) is 9.78 Å². The first-order chi connectivity index (χ1) is 15.8. The lowest BCUT2D eigenvalue weighted by molar-refractivity contribution is 0.0945. The third-order valence-corrected chi connectivity index (χ3v) is 4.94. The lowest BCUT2D eigenvalue weighted by Crippen LogP contribution is -2.30. The van der Waals surface area contributed by atoms with Gasteiger partial charge in [0, 0.05) is 0 Å². The van der Waals surface area contributed by atoms with Crippen LogP contribution < -0.4 is 21.3 Å². The first-order valence-corrected chi connectivity index (χ1v) is 10.1. The highest BCUT2D eigenvalue weighted by atomic mass is 35.5. The SMILES string of the molecule is O=C(NCc1ccco1)c1cc(Oc2c(Cl)cc(-n3ncc(=O)[nH]c3=O)cc2Cl)ccc1O. The van der Waals surface area contributed by atoms with Gasteiger partial charge in [0.2, 0.25) is 0 Å². The third-order valence-electron chi connectivity index (χ3n) is 4.38. The van der Waals surface area contributed by atoms with Crippen LogP contribution in [0.1, 0.15) is 16.1 Å². The summed E-state index contributed by atoms with van der Waals surface area (Å²) in [4.78, 5) is 37.7. The number of hydrogen-bond donors (Lipinski definition) is 3. The van der Waals surface area contributed by atoms with Crippen molar-refractivity contribution in [3.05, 3.63) is 97.1 Å². The van der Waals surface area contributed by atoms with Gasteiger partial charge in [-0.15, -0.1) is 0 Å². The van der Waals surface area contributed by atoms with Gasteiger partial charge in [0.1, 0.15) is 23.5 Å². The molecule has 3 N–H and O–H groups in total. The second-order valence-electron chi connectivity index (χ2n) is 6.63. The first kappa shape index (κ1) is 22.2. The fourth-order valence-corrected chi connectivity index (χ4v) is 3.41. The minimum Gasteiger partial charge on any atom is -0.507 e. The topological polar surface area (TPSA) is 139 Å². The Morgan fingerprint density at radius 2 is 1.94 bits per heavy atom. The fourth-order valence-electron chi connectivity index (χ4n) is 2.86. The number of aromatic hydroxyl groups is 1. The van der Waals surface area contributed by atoms with Crippen LogP contribution in [0, 0.1) is 0 Å². The molecule has 0 unspecified atom stereocenters. The first-order valence-electron chi connectivity index (χ1n) is 9.31. The number of phenols is 1. The number of benzene rings is 2. The molecule has 0 fully saturated rings. The number of phenolic OH excluding ortho intramolecular Hbond substituents is 1. The van der Waals surface area contributed by atoms with Crippen LogP contribution >= 0.6 is 23.2 Å². The summed E-state index contributed by atoms with van der Waals surface area (Å²) in [5, 5.41) is 16.5. The third kappa shape index (κ3) is 4.92. The van der Waals surface area contributed by atoms with Crippen molar-refractivity contribution >= 4 is 29.1 Å². The molecule has 0 aliphatic rings. The summed E-state index contributed by atoms with van der Waals surface area (Å²) in [6, 6.07) is 10.2. The maximum atomic E-state index is 12.5. The number of furan rings is 1. The summed E-state index contributed by atoms with van der Waals surface area (Å²) in [7, 11) is 0. The molecule has 0 spiro atoms. The standard InChI is InChI=1S/C21H14Cl2N4O6/c22-15-6-11(27-21(31)26-18(29)10-25-27)7-16(23)19(15)33-12-3-4-17(28)14(8-12)20(30)24-9-13-2-1-5-32-13/h1-8,10,28H,9H2,(H,24,30)(H,26,29,31). The van der Waals surface area contributed by atoms with Crippen LogP contribution in [0.15, 0.2) is 68.9 Å². The van der Waals surface area contributed by atoms with Crippen molar-refractivity contribution in [3.8, 4) is 22.9 Å². The van der Waals surface area contributed by atoms with E-state index < -0.39 is 17.2 Å². The van der Waals surface area contributed by atoms with E-state index in [1.807, 2.05) is 0 Å². The molecule has 4 aromatic rings. The minimum atomic E-state index is -0.771. The van der Waals surface area contributed by atoms with Gasteiger partial charge in [0.05, 0.1) is 34.1 Å². The number of nitrogens with zero attached hydrogens (tertiary/aromatic N) is 2. The Labute approximate surface area is 195 Å². The van der Waals surface area contributed by atoms with Crippen LogP contribution in [-0.2, 0) is 6.54 Å². The fraction of sp³-hybridized carbons (Fsp3) is 0.0476. The van der Waals surface area contributed by atoms with Gasteiger partial charge in [-0.1, -0.05) is 23.2 Å². The van der Waals surface area contributed by atoms with Gasteiger partial charge < -0.3 is 19.6 Å². The Bertz CT molecular complexity index is 1420. The molecular weight excluding hydrogens is 475 g/mol. The number of aromatic nitrogens is 3. The average molecular weight is 489 g/mol. The molecule has 0 saturated heterocycles. The normalized spacial score (nSPS) is 10.7. The second-order valence-corrected chi connectivity index (χ2v) is 7.45. The largest absolute Gasteiger partial charge is 0.507 e. The number of amides is 1. The Morgan fingerprint density at radius 1 is 1.18 bits per heavy atom. The lowest BCUT2D eigenvalue weighted by Gasteiger charge is -2.13. The molecule has 0 radical (unpaired) electrons. The molecule has 33 heavy (non-hydrogen) atoms. The van der Waals surface area contributed by atoms with E-state index in [-0.39, 0.29) is 45.1 Å². The van der Waals surface area contributed by atoms with Crippen LogP contribution in [0.5, 0.6) is 17.2 Å². The Morgan fingerprint density at radius 3 is 2.61 bits per heavy atom. The zero-order valence-corrected chi connectivity index (χ0v) is 18.1. The molecule has 2 aromatic heterocycles. The quantitative estimate of drug-likeness (QED) is 0.378. The molecule has 1 amide bonds. The van der Waals surface area contributed by atoms with E-state index >= 15 is 0 Å². The average Bonchev–Trinajstić information content (AvgIpc) is 3.29. The zero-order chi connectivity index (χ0) is 23.5. The van der Waals surface area contributed by atoms with Crippen LogP contribution in [-0.4, -0.2) is 25.8 Å². The molecular formula is C21H14Cl2N4O6. The van der Waals surface area contributed by atoms with Crippen molar-refractivity contribution in [2.45, 2.75) is 6.54 Å². The van der Waals surface area contributed by atoms with Gasteiger partial charge in [-0.05, 0) is 42.5 Å². The molecule has 12 heteroatoms. The molecule has 4 rings (SSSR count). The van der Waals surface area contributed by atoms with E-state index in [2.05, 4.69) is 15.4 Å². The van der Waals surface area contributed by atoms with E-state index in [1.54, 1.807) is 12.1 Å². The van der Waals surface area contributed by atoms with E-state index in [0.29, 0.717) is 5.76 Å². The predicted octanol–water partition coefficient (Wildman–Crippen LogP) is 3.25. The zero-order valence-electron chi connectivity index (χ0n) is 16.5.